The van der Waals surface area contributed by atoms with Crippen molar-refractivity contribution >= 4 is 21.9 Å². The van der Waals surface area contributed by atoms with Crippen molar-refractivity contribution in [1.29, 1.82) is 0 Å². The Morgan fingerprint density at radius 1 is 1.39 bits per heavy atom. The maximum absolute atomic E-state index is 11.3. The first kappa shape index (κ1) is 12.5. The van der Waals surface area contributed by atoms with E-state index in [9.17, 15) is 9.59 Å². The molecule has 0 spiro atoms. The van der Waals surface area contributed by atoms with Crippen LogP contribution in [0, 0.1) is 6.92 Å². The summed E-state index contributed by atoms with van der Waals surface area (Å²) in [5.74, 6) is -1.34. The second-order valence-electron chi connectivity index (χ2n) is 3.69. The summed E-state index contributed by atoms with van der Waals surface area (Å²) in [7, 11) is 0. The van der Waals surface area contributed by atoms with E-state index in [2.05, 4.69) is 21.0 Å². The summed E-state index contributed by atoms with van der Waals surface area (Å²) < 4.78 is 2.17. The fourth-order valence-electron chi connectivity index (χ4n) is 1.50. The Labute approximate surface area is 111 Å². The van der Waals surface area contributed by atoms with Gasteiger partial charge in [-0.25, -0.2) is 9.48 Å². The third kappa shape index (κ3) is 2.19. The number of hydrogen-bond acceptors (Lipinski definition) is 3. The molecule has 6 heteroatoms. The quantitative estimate of drug-likeness (QED) is 0.921. The number of nitrogens with zero attached hydrogens (tertiary/aromatic N) is 2. The fourth-order valence-corrected chi connectivity index (χ4v) is 1.94. The first-order valence-corrected chi connectivity index (χ1v) is 5.89. The Hall–Kier alpha value is -1.95. The molecule has 0 aliphatic carbocycles. The number of aromatic nitrogens is 2. The second-order valence-corrected chi connectivity index (χ2v) is 4.48. The van der Waals surface area contributed by atoms with Crippen LogP contribution in [0.3, 0.4) is 0 Å². The van der Waals surface area contributed by atoms with Gasteiger partial charge in [-0.15, -0.1) is 0 Å². The third-order valence-corrected chi connectivity index (χ3v) is 3.46. The number of aryl methyl sites for hydroxylation is 1. The van der Waals surface area contributed by atoms with E-state index < -0.39 is 17.1 Å². The molecule has 5 nitrogen and oxygen atoms in total. The molecule has 0 aliphatic heterocycles. The van der Waals surface area contributed by atoms with Gasteiger partial charge in [-0.2, -0.15) is 5.10 Å². The lowest BCUT2D eigenvalue weighted by Gasteiger charge is -2.09. The minimum absolute atomic E-state index is 0.495. The maximum atomic E-state index is 11.3. The van der Waals surface area contributed by atoms with Crippen molar-refractivity contribution in [1.82, 2.24) is 9.78 Å². The van der Waals surface area contributed by atoms with Gasteiger partial charge in [-0.1, -0.05) is 12.1 Å². The molecule has 0 amide bonds. The molecule has 1 aromatic carbocycles. The Balaban J connectivity index is 2.65. The Kier molecular flexibility index (Phi) is 3.29. The predicted molar refractivity (Wildman–Crippen MR) is 69.2 cm³/mol. The van der Waals surface area contributed by atoms with Crippen molar-refractivity contribution in [3.05, 3.63) is 56.4 Å². The molecule has 2 aromatic rings. The minimum atomic E-state index is -1.34. The average molecular weight is 309 g/mol. The molecule has 0 unspecified atom stereocenters. The number of hydrogen-bond donors (Lipinski definition) is 1. The Morgan fingerprint density at radius 3 is 2.78 bits per heavy atom. The monoisotopic (exact) mass is 308 g/mol. The molecule has 18 heavy (non-hydrogen) atoms. The summed E-state index contributed by atoms with van der Waals surface area (Å²) in [5.41, 5.74) is 0.566. The fraction of sp³-hybridized carbons (Fsp3) is 0.0833. The van der Waals surface area contributed by atoms with Crippen LogP contribution in [0.1, 0.15) is 16.1 Å². The van der Waals surface area contributed by atoms with E-state index >= 15 is 0 Å². The summed E-state index contributed by atoms with van der Waals surface area (Å²) in [5, 5.41) is 12.7. The Morgan fingerprint density at radius 2 is 2.11 bits per heavy atom. The van der Waals surface area contributed by atoms with Crippen molar-refractivity contribution in [2.75, 3.05) is 0 Å². The average Bonchev–Trinajstić information content (AvgIpc) is 2.33. The molecule has 0 fully saturated rings. The first-order chi connectivity index (χ1) is 8.50. The number of halogens is 1. The zero-order chi connectivity index (χ0) is 13.3. The number of benzene rings is 1. The van der Waals surface area contributed by atoms with Crippen molar-refractivity contribution in [2.24, 2.45) is 0 Å². The van der Waals surface area contributed by atoms with Crippen LogP contribution >= 0.6 is 15.9 Å². The van der Waals surface area contributed by atoms with Crippen LogP contribution in [0.4, 0.5) is 0 Å². The van der Waals surface area contributed by atoms with Crippen LogP contribution in [0.5, 0.6) is 0 Å². The first-order valence-electron chi connectivity index (χ1n) is 5.09. The van der Waals surface area contributed by atoms with Crippen molar-refractivity contribution < 1.29 is 9.90 Å². The normalized spacial score (nSPS) is 10.3. The molecule has 0 saturated heterocycles. The molecule has 0 aliphatic rings. The second kappa shape index (κ2) is 4.73. The van der Waals surface area contributed by atoms with Gasteiger partial charge in [0, 0.05) is 16.7 Å². The molecular weight excluding hydrogens is 300 g/mol. The van der Waals surface area contributed by atoms with Crippen molar-refractivity contribution in [3.63, 3.8) is 0 Å². The summed E-state index contributed by atoms with van der Waals surface area (Å²) >= 11 is 3.41. The zero-order valence-corrected chi connectivity index (χ0v) is 11.0. The maximum Gasteiger partial charge on any atom is 0.360 e. The van der Waals surface area contributed by atoms with Gasteiger partial charge in [0.15, 0.2) is 0 Å². The molecule has 1 N–H and O–H groups in total. The van der Waals surface area contributed by atoms with Crippen molar-refractivity contribution in [2.45, 2.75) is 6.92 Å². The van der Waals surface area contributed by atoms with E-state index in [0.29, 0.717) is 5.69 Å². The lowest BCUT2D eigenvalue weighted by Crippen LogP contribution is -2.20. The molecule has 0 bridgehead atoms. The van der Waals surface area contributed by atoms with Crippen LogP contribution in [0.2, 0.25) is 0 Å². The number of carboxylic acids is 1. The molecular formula is C12H9BrN2O3. The van der Waals surface area contributed by atoms with Gasteiger partial charge in [-0.05, 0) is 34.5 Å². The van der Waals surface area contributed by atoms with Gasteiger partial charge >= 0.3 is 5.97 Å². The van der Waals surface area contributed by atoms with E-state index in [-0.39, 0.29) is 0 Å². The molecule has 0 radical (unpaired) electrons. The van der Waals surface area contributed by atoms with Crippen LogP contribution in [0.25, 0.3) is 5.69 Å². The Bertz CT molecular complexity index is 679. The molecule has 92 valence electrons. The highest BCUT2D eigenvalue weighted by Gasteiger charge is 2.12. The number of carbonyl (C=O) groups is 1. The van der Waals surface area contributed by atoms with Crippen LogP contribution in [0.15, 0.2) is 39.7 Å². The lowest BCUT2D eigenvalue weighted by molar-refractivity contribution is 0.0687. The highest BCUT2D eigenvalue weighted by atomic mass is 79.9. The standard InChI is InChI=1S/C12H9BrN2O3/c1-7-3-2-4-8(10(7)13)15-6-5-9(16)11(14-15)12(17)18/h2-6H,1H3,(H,17,18). The largest absolute Gasteiger partial charge is 0.476 e. The lowest BCUT2D eigenvalue weighted by atomic mass is 10.2. The molecule has 1 heterocycles. The number of carboxylic acid groups (broad SMARTS) is 1. The summed E-state index contributed by atoms with van der Waals surface area (Å²) in [6.07, 6.45) is 1.44. The zero-order valence-electron chi connectivity index (χ0n) is 9.42. The molecule has 0 saturated carbocycles. The molecule has 1 aromatic heterocycles. The van der Waals surface area contributed by atoms with E-state index in [1.807, 2.05) is 19.1 Å². The summed E-state index contributed by atoms with van der Waals surface area (Å²) in [6.45, 7) is 1.91. The van der Waals surface area contributed by atoms with Crippen molar-refractivity contribution in [3.8, 4) is 5.69 Å². The van der Waals surface area contributed by atoms with Crippen LogP contribution < -0.4 is 5.43 Å². The van der Waals surface area contributed by atoms with Gasteiger partial charge in [-0.3, -0.25) is 4.79 Å². The summed E-state index contributed by atoms with van der Waals surface area (Å²) in [4.78, 5) is 22.2. The van der Waals surface area contributed by atoms with E-state index in [0.717, 1.165) is 10.0 Å². The topological polar surface area (TPSA) is 72.2 Å². The minimum Gasteiger partial charge on any atom is -0.476 e. The van der Waals surface area contributed by atoms with E-state index in [4.69, 9.17) is 5.11 Å². The van der Waals surface area contributed by atoms with Gasteiger partial charge in [0.05, 0.1) is 5.69 Å². The van der Waals surface area contributed by atoms with Crippen LogP contribution in [-0.4, -0.2) is 20.9 Å². The predicted octanol–water partition coefficient (Wildman–Crippen LogP) is 2.00. The number of rotatable bonds is 2. The van der Waals surface area contributed by atoms with E-state index in [1.165, 1.54) is 16.9 Å². The third-order valence-electron chi connectivity index (χ3n) is 2.43. The van der Waals surface area contributed by atoms with Gasteiger partial charge in [0.25, 0.3) is 0 Å². The summed E-state index contributed by atoms with van der Waals surface area (Å²) in [6, 6.07) is 6.70. The smallest absolute Gasteiger partial charge is 0.360 e. The highest BCUT2D eigenvalue weighted by molar-refractivity contribution is 9.10. The van der Waals surface area contributed by atoms with E-state index in [1.54, 1.807) is 6.07 Å². The number of aromatic carboxylic acids is 1. The SMILES string of the molecule is Cc1cccc(-n2ccc(=O)c(C(=O)O)n2)c1Br. The van der Waals surface area contributed by atoms with Gasteiger partial charge in [0.2, 0.25) is 11.1 Å². The highest BCUT2D eigenvalue weighted by Crippen LogP contribution is 2.23. The molecule has 0 atom stereocenters. The molecule has 2 rings (SSSR count). The van der Waals surface area contributed by atoms with Crippen LogP contribution in [-0.2, 0) is 0 Å². The van der Waals surface area contributed by atoms with Gasteiger partial charge in [0.1, 0.15) is 0 Å². The van der Waals surface area contributed by atoms with Gasteiger partial charge < -0.3 is 5.11 Å².